The van der Waals surface area contributed by atoms with Crippen LogP contribution < -0.4 is 4.90 Å². The van der Waals surface area contributed by atoms with Gasteiger partial charge >= 0.3 is 0 Å². The first kappa shape index (κ1) is 13.2. The molecule has 1 unspecified atom stereocenters. The Morgan fingerprint density at radius 1 is 1.56 bits per heavy atom. The standard InChI is InChI=1S/C12H13ClFN3S/c1-8(6-9-4-3-5-18-9)17(2)11-10(14)7-15-12(13)16-11/h3-5,7-8H,6H2,1-2H3. The molecule has 18 heavy (non-hydrogen) atoms. The summed E-state index contributed by atoms with van der Waals surface area (Å²) >= 11 is 7.39. The van der Waals surface area contributed by atoms with Gasteiger partial charge in [0.25, 0.3) is 0 Å². The van der Waals surface area contributed by atoms with Crippen LogP contribution in [0.4, 0.5) is 10.2 Å². The van der Waals surface area contributed by atoms with Crippen molar-refractivity contribution in [2.24, 2.45) is 0 Å². The molecule has 2 heterocycles. The van der Waals surface area contributed by atoms with Crippen molar-refractivity contribution in [3.05, 3.63) is 39.7 Å². The van der Waals surface area contributed by atoms with Gasteiger partial charge in [0.2, 0.25) is 5.28 Å². The summed E-state index contributed by atoms with van der Waals surface area (Å²) < 4.78 is 13.6. The fourth-order valence-electron chi connectivity index (χ4n) is 1.65. The van der Waals surface area contributed by atoms with Crippen LogP contribution in [0.1, 0.15) is 11.8 Å². The van der Waals surface area contributed by atoms with Crippen molar-refractivity contribution < 1.29 is 4.39 Å². The largest absolute Gasteiger partial charge is 0.354 e. The zero-order valence-electron chi connectivity index (χ0n) is 10.1. The predicted molar refractivity (Wildman–Crippen MR) is 72.9 cm³/mol. The van der Waals surface area contributed by atoms with Gasteiger partial charge in [-0.1, -0.05) is 6.07 Å². The average molecular weight is 286 g/mol. The van der Waals surface area contributed by atoms with Gasteiger partial charge in [0, 0.05) is 24.4 Å². The summed E-state index contributed by atoms with van der Waals surface area (Å²) in [4.78, 5) is 10.6. The second kappa shape index (κ2) is 5.63. The Bertz CT molecular complexity index is 518. The summed E-state index contributed by atoms with van der Waals surface area (Å²) in [7, 11) is 1.81. The summed E-state index contributed by atoms with van der Waals surface area (Å²) in [5.41, 5.74) is 0. The van der Waals surface area contributed by atoms with E-state index >= 15 is 0 Å². The van der Waals surface area contributed by atoms with Crippen LogP contribution in [0.3, 0.4) is 0 Å². The molecule has 0 amide bonds. The Morgan fingerprint density at radius 2 is 2.33 bits per heavy atom. The minimum absolute atomic E-state index is 0.0570. The van der Waals surface area contributed by atoms with Crippen molar-refractivity contribution in [1.82, 2.24) is 9.97 Å². The van der Waals surface area contributed by atoms with Gasteiger partial charge in [-0.25, -0.2) is 9.37 Å². The Morgan fingerprint density at radius 3 is 3.00 bits per heavy atom. The maximum atomic E-state index is 13.6. The Kier molecular flexibility index (Phi) is 4.14. The molecule has 0 aromatic carbocycles. The van der Waals surface area contributed by atoms with E-state index in [4.69, 9.17) is 11.6 Å². The number of hydrogen-bond donors (Lipinski definition) is 0. The normalized spacial score (nSPS) is 12.4. The summed E-state index contributed by atoms with van der Waals surface area (Å²) in [6, 6.07) is 4.21. The molecule has 2 aromatic heterocycles. The highest BCUT2D eigenvalue weighted by Gasteiger charge is 2.17. The molecule has 2 rings (SSSR count). The van der Waals surface area contributed by atoms with Gasteiger partial charge in [-0.2, -0.15) is 4.98 Å². The average Bonchev–Trinajstić information content (AvgIpc) is 2.84. The molecule has 2 aromatic rings. The quantitative estimate of drug-likeness (QED) is 0.806. The summed E-state index contributed by atoms with van der Waals surface area (Å²) in [5, 5.41) is 2.09. The molecule has 6 heteroatoms. The lowest BCUT2D eigenvalue weighted by atomic mass is 10.2. The van der Waals surface area contributed by atoms with Gasteiger partial charge in [0.15, 0.2) is 11.6 Å². The van der Waals surface area contributed by atoms with Gasteiger partial charge < -0.3 is 4.90 Å². The van der Waals surface area contributed by atoms with Crippen LogP contribution in [0.2, 0.25) is 5.28 Å². The monoisotopic (exact) mass is 285 g/mol. The number of halogens is 2. The van der Waals surface area contributed by atoms with Gasteiger partial charge in [-0.3, -0.25) is 0 Å². The molecule has 0 N–H and O–H groups in total. The highest BCUT2D eigenvalue weighted by Crippen LogP contribution is 2.21. The fraction of sp³-hybridized carbons (Fsp3) is 0.333. The van der Waals surface area contributed by atoms with E-state index in [-0.39, 0.29) is 17.1 Å². The van der Waals surface area contributed by atoms with E-state index in [0.717, 1.165) is 12.6 Å². The minimum Gasteiger partial charge on any atom is -0.354 e. The lowest BCUT2D eigenvalue weighted by molar-refractivity contribution is 0.589. The van der Waals surface area contributed by atoms with Gasteiger partial charge in [-0.05, 0) is 30.0 Å². The molecule has 96 valence electrons. The van der Waals surface area contributed by atoms with E-state index in [1.165, 1.54) is 4.88 Å². The van der Waals surface area contributed by atoms with Crippen LogP contribution in [-0.4, -0.2) is 23.1 Å². The number of likely N-dealkylation sites (N-methyl/N-ethyl adjacent to an activating group) is 1. The van der Waals surface area contributed by atoms with Crippen molar-refractivity contribution in [3.8, 4) is 0 Å². The molecule has 0 aliphatic heterocycles. The summed E-state index contributed by atoms with van der Waals surface area (Å²) in [6.07, 6.45) is 1.94. The number of nitrogens with zero attached hydrogens (tertiary/aromatic N) is 3. The van der Waals surface area contributed by atoms with Crippen LogP contribution in [-0.2, 0) is 6.42 Å². The molecule has 0 aliphatic carbocycles. The Hall–Kier alpha value is -1.20. The number of anilines is 1. The van der Waals surface area contributed by atoms with Crippen LogP contribution in [0.15, 0.2) is 23.7 Å². The zero-order valence-corrected chi connectivity index (χ0v) is 11.7. The second-order valence-electron chi connectivity index (χ2n) is 4.05. The SMILES string of the molecule is CC(Cc1cccs1)N(C)c1nc(Cl)ncc1F. The van der Waals surface area contributed by atoms with Crippen LogP contribution >= 0.6 is 22.9 Å². The summed E-state index contributed by atoms with van der Waals surface area (Å²) in [6.45, 7) is 2.02. The third-order valence-electron chi connectivity index (χ3n) is 2.77. The maximum absolute atomic E-state index is 13.6. The number of aromatic nitrogens is 2. The first-order chi connectivity index (χ1) is 8.58. The maximum Gasteiger partial charge on any atom is 0.224 e. The van der Waals surface area contributed by atoms with Gasteiger partial charge in [-0.15, -0.1) is 11.3 Å². The predicted octanol–water partition coefficient (Wildman–Crippen LogP) is 3.40. The van der Waals surface area contributed by atoms with Crippen LogP contribution in [0.25, 0.3) is 0 Å². The molecule has 0 bridgehead atoms. The third-order valence-corrected chi connectivity index (χ3v) is 3.85. The third kappa shape index (κ3) is 2.97. The van der Waals surface area contributed by atoms with Gasteiger partial charge in [0.05, 0.1) is 6.20 Å². The summed E-state index contributed by atoms with van der Waals surface area (Å²) in [5.74, 6) is -0.223. The van der Waals surface area contributed by atoms with E-state index in [9.17, 15) is 4.39 Å². The molecule has 0 aliphatic rings. The van der Waals surface area contributed by atoms with Crippen molar-refractivity contribution in [2.75, 3.05) is 11.9 Å². The lowest BCUT2D eigenvalue weighted by Gasteiger charge is -2.25. The highest BCUT2D eigenvalue weighted by molar-refractivity contribution is 7.09. The Balaban J connectivity index is 2.14. The molecule has 0 radical (unpaired) electrons. The van der Waals surface area contributed by atoms with E-state index < -0.39 is 5.82 Å². The number of hydrogen-bond acceptors (Lipinski definition) is 4. The molecule has 1 atom stereocenters. The highest BCUT2D eigenvalue weighted by atomic mass is 35.5. The minimum atomic E-state index is -0.458. The first-order valence-corrected chi connectivity index (χ1v) is 6.77. The molecule has 0 spiro atoms. The number of rotatable bonds is 4. The van der Waals surface area contributed by atoms with Crippen molar-refractivity contribution in [2.45, 2.75) is 19.4 Å². The fourth-order valence-corrected chi connectivity index (χ4v) is 2.61. The molecule has 3 nitrogen and oxygen atoms in total. The zero-order chi connectivity index (χ0) is 13.1. The second-order valence-corrected chi connectivity index (χ2v) is 5.42. The molecule has 0 saturated heterocycles. The molecule has 0 saturated carbocycles. The van der Waals surface area contributed by atoms with Crippen LogP contribution in [0, 0.1) is 5.82 Å². The van der Waals surface area contributed by atoms with E-state index in [2.05, 4.69) is 16.0 Å². The van der Waals surface area contributed by atoms with E-state index in [1.807, 2.05) is 18.4 Å². The van der Waals surface area contributed by atoms with Gasteiger partial charge in [0.1, 0.15) is 0 Å². The lowest BCUT2D eigenvalue weighted by Crippen LogP contribution is -2.32. The molecule has 0 fully saturated rings. The van der Waals surface area contributed by atoms with Crippen LogP contribution in [0.5, 0.6) is 0 Å². The molecular formula is C12H13ClFN3S. The smallest absolute Gasteiger partial charge is 0.224 e. The van der Waals surface area contributed by atoms with E-state index in [1.54, 1.807) is 23.3 Å². The molecular weight excluding hydrogens is 273 g/mol. The first-order valence-electron chi connectivity index (χ1n) is 5.51. The van der Waals surface area contributed by atoms with E-state index in [0.29, 0.717) is 0 Å². The topological polar surface area (TPSA) is 29.0 Å². The number of thiophene rings is 1. The van der Waals surface area contributed by atoms with Crippen molar-refractivity contribution >= 4 is 28.8 Å². The van der Waals surface area contributed by atoms with Crippen molar-refractivity contribution in [3.63, 3.8) is 0 Å². The Labute approximate surface area is 114 Å². The van der Waals surface area contributed by atoms with Crippen molar-refractivity contribution in [1.29, 1.82) is 0 Å².